The molecule has 3 aromatic carbocycles. The number of nitriles is 1. The second-order valence-electron chi connectivity index (χ2n) is 7.54. The Bertz CT molecular complexity index is 1730. The zero-order chi connectivity index (χ0) is 24.4. The number of allylic oxidation sites excluding steroid dienone is 1. The second kappa shape index (κ2) is 9.25. The van der Waals surface area contributed by atoms with Crippen molar-refractivity contribution >= 4 is 50.3 Å². The molecule has 5 rings (SSSR count). The molecule has 0 fully saturated rings. The molecule has 35 heavy (non-hydrogen) atoms. The van der Waals surface area contributed by atoms with E-state index in [0.29, 0.717) is 33.1 Å². The molecule has 8 heteroatoms. The highest BCUT2D eigenvalue weighted by Crippen LogP contribution is 2.30. The van der Waals surface area contributed by atoms with Gasteiger partial charge in [0.05, 0.1) is 29.6 Å². The fourth-order valence-corrected chi connectivity index (χ4v) is 4.55. The zero-order valence-corrected chi connectivity index (χ0v) is 19.3. The van der Waals surface area contributed by atoms with Crippen LogP contribution in [0.15, 0.2) is 87.5 Å². The van der Waals surface area contributed by atoms with Crippen molar-refractivity contribution in [2.45, 2.75) is 0 Å². The molecule has 0 radical (unpaired) electrons. The average molecular weight is 480 g/mol. The summed E-state index contributed by atoms with van der Waals surface area (Å²) in [5.41, 5.74) is 1.81. The Hall–Kier alpha value is -4.74. The fraction of sp³-hybridized carbons (Fsp3) is 0.0370. The first-order chi connectivity index (χ1) is 17.1. The fourth-order valence-electron chi connectivity index (χ4n) is 3.76. The van der Waals surface area contributed by atoms with E-state index < -0.39 is 11.6 Å². The number of hydrogen-bond acceptors (Lipinski definition) is 8. The highest BCUT2D eigenvalue weighted by molar-refractivity contribution is 7.11. The van der Waals surface area contributed by atoms with E-state index in [1.54, 1.807) is 41.8 Å². The monoisotopic (exact) mass is 479 g/mol. The molecule has 0 atom stereocenters. The van der Waals surface area contributed by atoms with Crippen molar-refractivity contribution in [1.29, 1.82) is 5.26 Å². The minimum Gasteiger partial charge on any atom is -0.465 e. The number of para-hydroxylation sites is 1. The van der Waals surface area contributed by atoms with E-state index in [2.05, 4.69) is 16.4 Å². The molecule has 0 saturated heterocycles. The molecule has 0 aliphatic carbocycles. The third-order valence-electron chi connectivity index (χ3n) is 5.48. The van der Waals surface area contributed by atoms with Crippen molar-refractivity contribution < 1.29 is 13.9 Å². The molecule has 2 aromatic heterocycles. The quantitative estimate of drug-likeness (QED) is 0.146. The Labute approximate surface area is 203 Å². The number of hydrogen-bond donors (Lipinski definition) is 1. The van der Waals surface area contributed by atoms with E-state index in [-0.39, 0.29) is 5.57 Å². The van der Waals surface area contributed by atoms with Gasteiger partial charge in [-0.25, -0.2) is 14.6 Å². The number of carbonyl (C=O) groups is 1. The van der Waals surface area contributed by atoms with Gasteiger partial charge < -0.3 is 14.5 Å². The summed E-state index contributed by atoms with van der Waals surface area (Å²) in [5, 5.41) is 17.6. The summed E-state index contributed by atoms with van der Waals surface area (Å²) in [6.45, 7) is 0. The van der Waals surface area contributed by atoms with Gasteiger partial charge in [-0.05, 0) is 35.0 Å². The van der Waals surface area contributed by atoms with Crippen LogP contribution in [0.25, 0.3) is 38.6 Å². The molecule has 0 unspecified atom stereocenters. The number of nitrogens with zero attached hydrogens (tertiary/aromatic N) is 2. The summed E-state index contributed by atoms with van der Waals surface area (Å²) in [6.07, 6.45) is 1.47. The Kier molecular flexibility index (Phi) is 5.83. The maximum Gasteiger partial charge on any atom is 0.345 e. The Morgan fingerprint density at radius 3 is 2.74 bits per heavy atom. The van der Waals surface area contributed by atoms with Crippen molar-refractivity contribution in [3.05, 3.63) is 99.3 Å². The lowest BCUT2D eigenvalue weighted by Crippen LogP contribution is -2.05. The molecule has 0 saturated carbocycles. The predicted octanol–water partition coefficient (Wildman–Crippen LogP) is 5.83. The third-order valence-corrected chi connectivity index (χ3v) is 6.35. The summed E-state index contributed by atoms with van der Waals surface area (Å²) in [4.78, 5) is 29.2. The van der Waals surface area contributed by atoms with Gasteiger partial charge >= 0.3 is 11.6 Å². The lowest BCUT2D eigenvalue weighted by molar-refractivity contribution is 0.0602. The van der Waals surface area contributed by atoms with Crippen molar-refractivity contribution in [2.75, 3.05) is 12.4 Å². The molecule has 0 amide bonds. The molecular weight excluding hydrogens is 462 g/mol. The number of anilines is 1. The molecule has 5 aromatic rings. The van der Waals surface area contributed by atoms with Crippen LogP contribution in [0.2, 0.25) is 0 Å². The molecule has 7 nitrogen and oxygen atoms in total. The number of esters is 1. The van der Waals surface area contributed by atoms with Gasteiger partial charge in [0.1, 0.15) is 22.2 Å². The summed E-state index contributed by atoms with van der Waals surface area (Å²) in [6, 6.07) is 22.3. The predicted molar refractivity (Wildman–Crippen MR) is 136 cm³/mol. The van der Waals surface area contributed by atoms with Crippen LogP contribution in [0, 0.1) is 11.3 Å². The SMILES string of the molecule is COC(=O)c1ccccc1NC=C(C#N)c1nc(-c2cc3c(ccc4ccccc43)oc2=O)cs1. The average Bonchev–Trinajstić information content (AvgIpc) is 3.38. The summed E-state index contributed by atoms with van der Waals surface area (Å²) in [7, 11) is 1.30. The van der Waals surface area contributed by atoms with Crippen molar-refractivity contribution in [2.24, 2.45) is 0 Å². The van der Waals surface area contributed by atoms with E-state index in [1.807, 2.05) is 30.3 Å². The van der Waals surface area contributed by atoms with Gasteiger partial charge in [-0.15, -0.1) is 11.3 Å². The van der Waals surface area contributed by atoms with Gasteiger partial charge in [0.15, 0.2) is 0 Å². The lowest BCUT2D eigenvalue weighted by Gasteiger charge is -2.07. The van der Waals surface area contributed by atoms with Gasteiger partial charge in [-0.1, -0.05) is 42.5 Å². The number of aromatic nitrogens is 1. The van der Waals surface area contributed by atoms with E-state index in [0.717, 1.165) is 16.2 Å². The smallest absolute Gasteiger partial charge is 0.345 e. The Morgan fingerprint density at radius 1 is 1.11 bits per heavy atom. The Morgan fingerprint density at radius 2 is 1.91 bits per heavy atom. The molecule has 170 valence electrons. The molecule has 0 bridgehead atoms. The second-order valence-corrected chi connectivity index (χ2v) is 8.39. The van der Waals surface area contributed by atoms with Crippen LogP contribution < -0.4 is 10.9 Å². The van der Waals surface area contributed by atoms with Gasteiger partial charge in [0.2, 0.25) is 0 Å². The number of fused-ring (bicyclic) bond motifs is 3. The largest absolute Gasteiger partial charge is 0.465 e. The molecule has 0 aliphatic rings. The van der Waals surface area contributed by atoms with Crippen LogP contribution in [-0.2, 0) is 4.74 Å². The minimum atomic E-state index is -0.503. The number of ether oxygens (including phenoxy) is 1. The molecule has 2 heterocycles. The Balaban J connectivity index is 1.52. The number of methoxy groups -OCH3 is 1. The van der Waals surface area contributed by atoms with Crippen LogP contribution in [0.3, 0.4) is 0 Å². The summed E-state index contributed by atoms with van der Waals surface area (Å²) >= 11 is 1.23. The first-order valence-electron chi connectivity index (χ1n) is 10.5. The van der Waals surface area contributed by atoms with Crippen molar-refractivity contribution in [1.82, 2.24) is 4.98 Å². The number of benzene rings is 3. The zero-order valence-electron chi connectivity index (χ0n) is 18.4. The summed E-state index contributed by atoms with van der Waals surface area (Å²) < 4.78 is 10.4. The maximum absolute atomic E-state index is 12.7. The van der Waals surface area contributed by atoms with Gasteiger partial charge in [-0.2, -0.15) is 5.26 Å². The number of thiazole rings is 1. The third kappa shape index (κ3) is 4.16. The van der Waals surface area contributed by atoms with Crippen LogP contribution >= 0.6 is 11.3 Å². The van der Waals surface area contributed by atoms with Crippen molar-refractivity contribution in [3.8, 4) is 17.3 Å². The lowest BCUT2D eigenvalue weighted by atomic mass is 10.0. The van der Waals surface area contributed by atoms with Gasteiger partial charge in [-0.3, -0.25) is 0 Å². The first-order valence-corrected chi connectivity index (χ1v) is 11.4. The topological polar surface area (TPSA) is 105 Å². The van der Waals surface area contributed by atoms with E-state index in [9.17, 15) is 14.9 Å². The van der Waals surface area contributed by atoms with Gasteiger partial charge in [0.25, 0.3) is 0 Å². The molecule has 1 N–H and O–H groups in total. The molecule has 0 spiro atoms. The van der Waals surface area contributed by atoms with Crippen LogP contribution in [0.1, 0.15) is 15.4 Å². The van der Waals surface area contributed by atoms with Crippen LogP contribution in [-0.4, -0.2) is 18.1 Å². The molecular formula is C27H17N3O4S. The highest BCUT2D eigenvalue weighted by Gasteiger charge is 2.16. The maximum atomic E-state index is 12.7. The van der Waals surface area contributed by atoms with E-state index in [4.69, 9.17) is 9.15 Å². The standard InChI is InChI=1S/C27H17N3O4S/c1-33-26(31)19-8-4-5-9-22(19)29-14-17(13-28)25-30-23(15-35-25)21-12-20-18-7-3-2-6-16(18)10-11-24(20)34-27(21)32/h2-12,14-15,29H,1H3. The molecule has 0 aliphatic heterocycles. The van der Waals surface area contributed by atoms with Crippen LogP contribution in [0.4, 0.5) is 5.69 Å². The highest BCUT2D eigenvalue weighted by atomic mass is 32.1. The normalized spacial score (nSPS) is 11.4. The first kappa shape index (κ1) is 22.1. The number of carbonyl (C=O) groups excluding carboxylic acids is 1. The van der Waals surface area contributed by atoms with Gasteiger partial charge in [0, 0.05) is 17.0 Å². The van der Waals surface area contributed by atoms with Crippen molar-refractivity contribution in [3.63, 3.8) is 0 Å². The van der Waals surface area contributed by atoms with E-state index in [1.165, 1.54) is 24.6 Å². The minimum absolute atomic E-state index is 0.247. The number of rotatable bonds is 5. The summed E-state index contributed by atoms with van der Waals surface area (Å²) in [5.74, 6) is -0.493. The van der Waals surface area contributed by atoms with Crippen LogP contribution in [0.5, 0.6) is 0 Å². The van der Waals surface area contributed by atoms with E-state index >= 15 is 0 Å². The number of nitrogens with one attached hydrogen (secondary N) is 1.